The lowest BCUT2D eigenvalue weighted by atomic mass is 9.96. The molecular formula is C22H21ClN2OS. The second kappa shape index (κ2) is 8.26. The fourth-order valence-corrected chi connectivity index (χ4v) is 4.66. The Morgan fingerprint density at radius 2 is 1.37 bits per heavy atom. The van der Waals surface area contributed by atoms with Crippen LogP contribution in [0, 0.1) is 0 Å². The number of hydrogen-bond donors (Lipinski definition) is 0. The topological polar surface area (TPSA) is 23.6 Å². The number of thiophene rings is 1. The number of benzene rings is 2. The van der Waals surface area contributed by atoms with Gasteiger partial charge in [-0.2, -0.15) is 0 Å². The summed E-state index contributed by atoms with van der Waals surface area (Å²) in [5.74, 6) is 0.0857. The summed E-state index contributed by atoms with van der Waals surface area (Å²) >= 11 is 7.33. The molecule has 1 saturated heterocycles. The first-order valence-corrected chi connectivity index (χ1v) is 10.3. The van der Waals surface area contributed by atoms with Gasteiger partial charge in [0.25, 0.3) is 5.91 Å². The Labute approximate surface area is 168 Å². The molecule has 1 aromatic heterocycles. The van der Waals surface area contributed by atoms with Gasteiger partial charge < -0.3 is 4.90 Å². The predicted octanol–water partition coefficient (Wildman–Crippen LogP) is 4.95. The molecule has 1 aliphatic heterocycles. The van der Waals surface area contributed by atoms with Crippen molar-refractivity contribution < 1.29 is 4.79 Å². The number of hydrogen-bond acceptors (Lipinski definition) is 3. The molecule has 27 heavy (non-hydrogen) atoms. The summed E-state index contributed by atoms with van der Waals surface area (Å²) in [4.78, 5) is 17.8. The molecule has 1 amide bonds. The number of amides is 1. The average molecular weight is 397 g/mol. The van der Waals surface area contributed by atoms with E-state index in [0.29, 0.717) is 4.34 Å². The molecule has 0 unspecified atom stereocenters. The van der Waals surface area contributed by atoms with E-state index in [-0.39, 0.29) is 11.9 Å². The molecule has 2 heterocycles. The molecule has 0 radical (unpaired) electrons. The monoisotopic (exact) mass is 396 g/mol. The van der Waals surface area contributed by atoms with Crippen LogP contribution in [0.1, 0.15) is 26.8 Å². The summed E-state index contributed by atoms with van der Waals surface area (Å²) in [6, 6.07) is 25.0. The van der Waals surface area contributed by atoms with Gasteiger partial charge in [-0.25, -0.2) is 0 Å². The van der Waals surface area contributed by atoms with Crippen LogP contribution in [0.3, 0.4) is 0 Å². The van der Waals surface area contributed by atoms with Crippen molar-refractivity contribution in [1.82, 2.24) is 9.80 Å². The summed E-state index contributed by atoms with van der Waals surface area (Å²) < 4.78 is 0.658. The van der Waals surface area contributed by atoms with Crippen LogP contribution >= 0.6 is 22.9 Å². The summed E-state index contributed by atoms with van der Waals surface area (Å²) in [7, 11) is 0. The maximum Gasteiger partial charge on any atom is 0.264 e. The highest BCUT2D eigenvalue weighted by Gasteiger charge is 2.28. The van der Waals surface area contributed by atoms with Gasteiger partial charge in [-0.15, -0.1) is 11.3 Å². The van der Waals surface area contributed by atoms with E-state index in [2.05, 4.69) is 53.4 Å². The van der Waals surface area contributed by atoms with E-state index in [0.717, 1.165) is 31.1 Å². The maximum absolute atomic E-state index is 12.7. The molecule has 0 aliphatic carbocycles. The quantitative estimate of drug-likeness (QED) is 0.623. The Kier molecular flexibility index (Phi) is 5.58. The third-order valence-corrected chi connectivity index (χ3v) is 6.20. The first-order chi connectivity index (χ1) is 13.2. The molecule has 0 bridgehead atoms. The first kappa shape index (κ1) is 18.2. The highest BCUT2D eigenvalue weighted by molar-refractivity contribution is 7.17. The molecule has 1 fully saturated rings. The molecule has 0 N–H and O–H groups in total. The van der Waals surface area contributed by atoms with E-state index in [4.69, 9.17) is 11.6 Å². The van der Waals surface area contributed by atoms with Crippen LogP contribution in [-0.2, 0) is 0 Å². The fourth-order valence-electron chi connectivity index (χ4n) is 3.65. The average Bonchev–Trinajstić information content (AvgIpc) is 3.16. The van der Waals surface area contributed by atoms with E-state index in [1.54, 1.807) is 6.07 Å². The zero-order valence-corrected chi connectivity index (χ0v) is 16.5. The fraction of sp³-hybridized carbons (Fsp3) is 0.227. The Bertz CT molecular complexity index is 849. The van der Waals surface area contributed by atoms with Crippen molar-refractivity contribution >= 4 is 28.8 Å². The van der Waals surface area contributed by atoms with Crippen molar-refractivity contribution in [2.75, 3.05) is 26.2 Å². The Hall–Kier alpha value is -2.14. The number of nitrogens with zero attached hydrogens (tertiary/aromatic N) is 2. The number of piperazine rings is 1. The van der Waals surface area contributed by atoms with Gasteiger partial charge >= 0.3 is 0 Å². The van der Waals surface area contributed by atoms with E-state index < -0.39 is 0 Å². The number of carbonyl (C=O) groups excluding carboxylic acids is 1. The van der Waals surface area contributed by atoms with Gasteiger partial charge in [0, 0.05) is 26.2 Å². The van der Waals surface area contributed by atoms with Gasteiger partial charge in [0.1, 0.15) is 0 Å². The molecule has 0 atom stereocenters. The summed E-state index contributed by atoms with van der Waals surface area (Å²) in [6.45, 7) is 3.15. The second-order valence-electron chi connectivity index (χ2n) is 6.66. The van der Waals surface area contributed by atoms with Gasteiger partial charge in [0.15, 0.2) is 0 Å². The molecule has 0 saturated carbocycles. The molecule has 3 nitrogen and oxygen atoms in total. The highest BCUT2D eigenvalue weighted by Crippen LogP contribution is 2.30. The Morgan fingerprint density at radius 3 is 1.85 bits per heavy atom. The Balaban J connectivity index is 1.51. The van der Waals surface area contributed by atoms with Crippen LogP contribution in [0.5, 0.6) is 0 Å². The van der Waals surface area contributed by atoms with Crippen LogP contribution in [0.25, 0.3) is 0 Å². The molecule has 1 aliphatic rings. The van der Waals surface area contributed by atoms with Crippen LogP contribution < -0.4 is 0 Å². The zero-order valence-electron chi connectivity index (χ0n) is 14.9. The van der Waals surface area contributed by atoms with E-state index in [1.165, 1.54) is 22.5 Å². The van der Waals surface area contributed by atoms with Crippen LogP contribution in [0.15, 0.2) is 72.8 Å². The van der Waals surface area contributed by atoms with Gasteiger partial charge in [-0.05, 0) is 23.3 Å². The normalized spacial score (nSPS) is 15.3. The summed E-state index contributed by atoms with van der Waals surface area (Å²) in [6.07, 6.45) is 0. The summed E-state index contributed by atoms with van der Waals surface area (Å²) in [5, 5.41) is 0. The minimum atomic E-state index is 0.0857. The second-order valence-corrected chi connectivity index (χ2v) is 8.37. The van der Waals surface area contributed by atoms with Crippen LogP contribution in [0.4, 0.5) is 0 Å². The molecular weight excluding hydrogens is 376 g/mol. The van der Waals surface area contributed by atoms with Crippen molar-refractivity contribution in [3.8, 4) is 0 Å². The number of carbonyl (C=O) groups is 1. The van der Waals surface area contributed by atoms with Gasteiger partial charge in [0.05, 0.1) is 15.3 Å². The maximum atomic E-state index is 12.7. The SMILES string of the molecule is O=C(c1ccc(Cl)s1)N1CCN(C(c2ccccc2)c2ccccc2)CC1. The zero-order chi connectivity index (χ0) is 18.6. The molecule has 5 heteroatoms. The minimum absolute atomic E-state index is 0.0857. The van der Waals surface area contributed by atoms with Crippen molar-refractivity contribution in [2.24, 2.45) is 0 Å². The van der Waals surface area contributed by atoms with Gasteiger partial charge in [-0.3, -0.25) is 9.69 Å². The Morgan fingerprint density at radius 1 is 0.815 bits per heavy atom. The van der Waals surface area contributed by atoms with Crippen molar-refractivity contribution in [1.29, 1.82) is 0 Å². The van der Waals surface area contributed by atoms with Crippen LogP contribution in [-0.4, -0.2) is 41.9 Å². The lowest BCUT2D eigenvalue weighted by molar-refractivity contribution is 0.0602. The van der Waals surface area contributed by atoms with E-state index >= 15 is 0 Å². The molecule has 138 valence electrons. The van der Waals surface area contributed by atoms with Gasteiger partial charge in [-0.1, -0.05) is 72.3 Å². The molecule has 3 aromatic rings. The summed E-state index contributed by atoms with van der Waals surface area (Å²) in [5.41, 5.74) is 2.57. The number of halogens is 1. The predicted molar refractivity (Wildman–Crippen MR) is 112 cm³/mol. The minimum Gasteiger partial charge on any atom is -0.335 e. The lowest BCUT2D eigenvalue weighted by Gasteiger charge is -2.39. The highest BCUT2D eigenvalue weighted by atomic mass is 35.5. The first-order valence-electron chi connectivity index (χ1n) is 9.11. The molecule has 0 spiro atoms. The third-order valence-electron chi connectivity index (χ3n) is 4.98. The largest absolute Gasteiger partial charge is 0.335 e. The number of rotatable bonds is 4. The van der Waals surface area contributed by atoms with Gasteiger partial charge in [0.2, 0.25) is 0 Å². The molecule has 4 rings (SSSR count). The van der Waals surface area contributed by atoms with Crippen LogP contribution in [0.2, 0.25) is 4.34 Å². The standard InChI is InChI=1S/C22H21ClN2OS/c23-20-12-11-19(27-20)22(26)25-15-13-24(14-16-25)21(17-7-3-1-4-8-17)18-9-5-2-6-10-18/h1-12,21H,13-16H2. The third kappa shape index (κ3) is 4.08. The van der Waals surface area contributed by atoms with E-state index in [1.807, 2.05) is 23.1 Å². The van der Waals surface area contributed by atoms with Crippen molar-refractivity contribution in [3.05, 3.63) is 93.1 Å². The van der Waals surface area contributed by atoms with Crippen molar-refractivity contribution in [2.45, 2.75) is 6.04 Å². The lowest BCUT2D eigenvalue weighted by Crippen LogP contribution is -2.49. The molecule has 2 aromatic carbocycles. The van der Waals surface area contributed by atoms with E-state index in [9.17, 15) is 4.79 Å². The van der Waals surface area contributed by atoms with Crippen molar-refractivity contribution in [3.63, 3.8) is 0 Å². The smallest absolute Gasteiger partial charge is 0.264 e.